The average molecular weight is 488 g/mol. The number of nitrogens with zero attached hydrogens (tertiary/aromatic N) is 3. The van der Waals surface area contributed by atoms with Crippen LogP contribution in [-0.2, 0) is 17.1 Å². The van der Waals surface area contributed by atoms with Crippen LogP contribution in [0.25, 0.3) is 10.2 Å². The number of hydrogen-bond acceptors (Lipinski definition) is 5. The lowest BCUT2D eigenvalue weighted by Gasteiger charge is -2.34. The van der Waals surface area contributed by atoms with Gasteiger partial charge in [0.25, 0.3) is 5.91 Å². The fourth-order valence-corrected chi connectivity index (χ4v) is 7.07. The molecule has 7 nitrogen and oxygen atoms in total. The molecule has 2 aromatic carbocycles. The Morgan fingerprint density at radius 3 is 2.42 bits per heavy atom. The molecule has 0 aliphatic carbocycles. The molecule has 2 atom stereocenters. The molecule has 1 aliphatic heterocycles. The predicted molar refractivity (Wildman–Crippen MR) is 130 cm³/mol. The van der Waals surface area contributed by atoms with E-state index in [1.54, 1.807) is 4.31 Å². The maximum absolute atomic E-state index is 13.1. The standard InChI is InChI=1S/C24H29N3O4S2/c1-5-31-19-8-11-21-22(13-19)32-24(26(21)4)25-23(28)18-6-9-20(10-7-18)33(29,30)27-14-16(2)12-17(3)15-27/h6-11,13,16-17H,5,12,14-15H2,1-4H3. The van der Waals surface area contributed by atoms with E-state index in [4.69, 9.17) is 4.74 Å². The molecule has 0 radical (unpaired) electrons. The van der Waals surface area contributed by atoms with Gasteiger partial charge in [-0.05, 0) is 67.6 Å². The molecular formula is C24H29N3O4S2. The van der Waals surface area contributed by atoms with Gasteiger partial charge in [0.05, 0.1) is 21.7 Å². The summed E-state index contributed by atoms with van der Waals surface area (Å²) >= 11 is 1.41. The predicted octanol–water partition coefficient (Wildman–Crippen LogP) is 4.05. The Bertz CT molecular complexity index is 1330. The summed E-state index contributed by atoms with van der Waals surface area (Å²) in [6, 6.07) is 11.9. The molecule has 9 heteroatoms. The first-order valence-electron chi connectivity index (χ1n) is 11.1. The van der Waals surface area contributed by atoms with E-state index in [9.17, 15) is 13.2 Å². The highest BCUT2D eigenvalue weighted by Crippen LogP contribution is 2.27. The van der Waals surface area contributed by atoms with E-state index in [0.29, 0.717) is 41.9 Å². The topological polar surface area (TPSA) is 81.0 Å². The van der Waals surface area contributed by atoms with Gasteiger partial charge in [0, 0.05) is 25.7 Å². The fraction of sp³-hybridized carbons (Fsp3) is 0.417. The van der Waals surface area contributed by atoms with E-state index in [0.717, 1.165) is 22.4 Å². The highest BCUT2D eigenvalue weighted by molar-refractivity contribution is 7.89. The first kappa shape index (κ1) is 23.7. The fourth-order valence-electron chi connectivity index (χ4n) is 4.35. The lowest BCUT2D eigenvalue weighted by Crippen LogP contribution is -2.42. The van der Waals surface area contributed by atoms with E-state index in [1.807, 2.05) is 36.7 Å². The molecule has 0 saturated carbocycles. The monoisotopic (exact) mass is 487 g/mol. The number of fused-ring (bicyclic) bond motifs is 1. The third-order valence-electron chi connectivity index (χ3n) is 5.86. The third-order valence-corrected chi connectivity index (χ3v) is 8.80. The van der Waals surface area contributed by atoms with E-state index in [2.05, 4.69) is 18.8 Å². The molecule has 1 fully saturated rings. The van der Waals surface area contributed by atoms with Crippen molar-refractivity contribution >= 4 is 37.5 Å². The summed E-state index contributed by atoms with van der Waals surface area (Å²) in [5.74, 6) is 1.02. The maximum atomic E-state index is 13.1. The Hall–Kier alpha value is -2.49. The Kier molecular flexibility index (Phi) is 6.74. The molecule has 4 rings (SSSR count). The molecule has 33 heavy (non-hydrogen) atoms. The van der Waals surface area contributed by atoms with Crippen molar-refractivity contribution in [1.82, 2.24) is 8.87 Å². The largest absolute Gasteiger partial charge is 0.494 e. The molecule has 0 spiro atoms. The number of piperidine rings is 1. The number of rotatable bonds is 5. The van der Waals surface area contributed by atoms with Crippen molar-refractivity contribution in [3.63, 3.8) is 0 Å². The Morgan fingerprint density at radius 2 is 1.79 bits per heavy atom. The molecule has 1 aliphatic rings. The van der Waals surface area contributed by atoms with Crippen LogP contribution in [0, 0.1) is 11.8 Å². The number of aromatic nitrogens is 1. The SMILES string of the molecule is CCOc1ccc2c(c1)sc(=NC(=O)c1ccc(S(=O)(=O)N3CC(C)CC(C)C3)cc1)n2C. The summed E-state index contributed by atoms with van der Waals surface area (Å²) in [6.07, 6.45) is 1.03. The number of hydrogen-bond donors (Lipinski definition) is 0. The lowest BCUT2D eigenvalue weighted by atomic mass is 9.94. The van der Waals surface area contributed by atoms with Crippen LogP contribution in [0.3, 0.4) is 0 Å². The van der Waals surface area contributed by atoms with Gasteiger partial charge in [-0.25, -0.2) is 8.42 Å². The van der Waals surface area contributed by atoms with E-state index in [-0.39, 0.29) is 4.90 Å². The van der Waals surface area contributed by atoms with Crippen LogP contribution in [-0.4, -0.2) is 42.9 Å². The molecule has 3 aromatic rings. The average Bonchev–Trinajstić information content (AvgIpc) is 3.08. The van der Waals surface area contributed by atoms with Crippen LogP contribution >= 0.6 is 11.3 Å². The van der Waals surface area contributed by atoms with Crippen LogP contribution in [0.1, 0.15) is 37.6 Å². The number of carbonyl (C=O) groups is 1. The summed E-state index contributed by atoms with van der Waals surface area (Å²) in [5.41, 5.74) is 1.31. The van der Waals surface area contributed by atoms with Crippen LogP contribution in [0.15, 0.2) is 52.4 Å². The normalized spacial score (nSPS) is 20.3. The first-order valence-corrected chi connectivity index (χ1v) is 13.4. The van der Waals surface area contributed by atoms with Crippen molar-refractivity contribution < 1.29 is 17.9 Å². The molecule has 2 heterocycles. The molecule has 0 N–H and O–H groups in total. The Balaban J connectivity index is 1.59. The van der Waals surface area contributed by atoms with Crippen molar-refractivity contribution in [2.24, 2.45) is 23.9 Å². The number of ether oxygens (including phenoxy) is 1. The molecular weight excluding hydrogens is 458 g/mol. The van der Waals surface area contributed by atoms with Gasteiger partial charge in [0.1, 0.15) is 5.75 Å². The number of carbonyl (C=O) groups excluding carboxylic acids is 1. The molecule has 1 aromatic heterocycles. The second-order valence-electron chi connectivity index (χ2n) is 8.72. The van der Waals surface area contributed by atoms with Crippen molar-refractivity contribution in [2.45, 2.75) is 32.1 Å². The molecule has 176 valence electrons. The highest BCUT2D eigenvalue weighted by atomic mass is 32.2. The van der Waals surface area contributed by atoms with Gasteiger partial charge in [-0.3, -0.25) is 4.79 Å². The number of sulfonamides is 1. The number of thiazole rings is 1. The molecule has 1 amide bonds. The second kappa shape index (κ2) is 9.40. The molecule has 2 unspecified atom stereocenters. The summed E-state index contributed by atoms with van der Waals surface area (Å²) in [6.45, 7) is 7.72. The third kappa shape index (κ3) is 4.90. The second-order valence-corrected chi connectivity index (χ2v) is 11.7. The smallest absolute Gasteiger partial charge is 0.279 e. The maximum Gasteiger partial charge on any atom is 0.279 e. The van der Waals surface area contributed by atoms with Gasteiger partial charge in [-0.15, -0.1) is 0 Å². The van der Waals surface area contributed by atoms with Gasteiger partial charge in [0.15, 0.2) is 4.80 Å². The quantitative estimate of drug-likeness (QED) is 0.544. The number of amides is 1. The van der Waals surface area contributed by atoms with Gasteiger partial charge in [-0.1, -0.05) is 25.2 Å². The minimum Gasteiger partial charge on any atom is -0.494 e. The van der Waals surface area contributed by atoms with Crippen molar-refractivity contribution in [3.8, 4) is 5.75 Å². The summed E-state index contributed by atoms with van der Waals surface area (Å²) in [4.78, 5) is 17.9. The van der Waals surface area contributed by atoms with E-state index < -0.39 is 15.9 Å². The molecule has 1 saturated heterocycles. The molecule has 0 bridgehead atoms. The van der Waals surface area contributed by atoms with Crippen LogP contribution < -0.4 is 9.54 Å². The van der Waals surface area contributed by atoms with Crippen molar-refractivity contribution in [2.75, 3.05) is 19.7 Å². The lowest BCUT2D eigenvalue weighted by molar-refractivity contribution is 0.0998. The van der Waals surface area contributed by atoms with E-state index >= 15 is 0 Å². The van der Waals surface area contributed by atoms with Crippen molar-refractivity contribution in [3.05, 3.63) is 52.8 Å². The Labute approximate surface area is 198 Å². The van der Waals surface area contributed by atoms with Gasteiger partial charge in [-0.2, -0.15) is 9.30 Å². The Morgan fingerprint density at radius 1 is 1.12 bits per heavy atom. The van der Waals surface area contributed by atoms with E-state index in [1.165, 1.54) is 35.6 Å². The van der Waals surface area contributed by atoms with Crippen LogP contribution in [0.4, 0.5) is 0 Å². The zero-order valence-corrected chi connectivity index (χ0v) is 20.9. The zero-order valence-electron chi connectivity index (χ0n) is 19.3. The summed E-state index contributed by atoms with van der Waals surface area (Å²) in [7, 11) is -1.72. The highest BCUT2D eigenvalue weighted by Gasteiger charge is 2.31. The number of aryl methyl sites for hydroxylation is 1. The summed E-state index contributed by atoms with van der Waals surface area (Å²) < 4.78 is 36.1. The minimum atomic E-state index is -3.58. The summed E-state index contributed by atoms with van der Waals surface area (Å²) in [5, 5.41) is 0. The first-order chi connectivity index (χ1) is 15.7. The van der Waals surface area contributed by atoms with Crippen molar-refractivity contribution in [1.29, 1.82) is 0 Å². The van der Waals surface area contributed by atoms with Gasteiger partial charge in [0.2, 0.25) is 10.0 Å². The van der Waals surface area contributed by atoms with Crippen LogP contribution in [0.5, 0.6) is 5.75 Å². The van der Waals surface area contributed by atoms with Gasteiger partial charge >= 0.3 is 0 Å². The van der Waals surface area contributed by atoms with Gasteiger partial charge < -0.3 is 9.30 Å². The van der Waals surface area contributed by atoms with Crippen LogP contribution in [0.2, 0.25) is 0 Å². The minimum absolute atomic E-state index is 0.205. The zero-order chi connectivity index (χ0) is 23.8. The number of benzene rings is 2.